The predicted molar refractivity (Wildman–Crippen MR) is 72.4 cm³/mol. The number of nitrogens with zero attached hydrogens (tertiary/aromatic N) is 1. The zero-order valence-electron chi connectivity index (χ0n) is 11.0. The van der Waals surface area contributed by atoms with Crippen LogP contribution in [0.25, 0.3) is 0 Å². The number of urea groups is 1. The maximum absolute atomic E-state index is 12.2. The lowest BCUT2D eigenvalue weighted by Crippen LogP contribution is -2.56. The van der Waals surface area contributed by atoms with Gasteiger partial charge in [-0.2, -0.15) is 11.8 Å². The van der Waals surface area contributed by atoms with Gasteiger partial charge in [-0.3, -0.25) is 0 Å². The maximum atomic E-state index is 12.2. The minimum absolute atomic E-state index is 0.0836. The molecule has 2 aliphatic rings. The summed E-state index contributed by atoms with van der Waals surface area (Å²) in [6.07, 6.45) is 1.72. The fourth-order valence-electron chi connectivity index (χ4n) is 2.44. The molecule has 2 N–H and O–H groups in total. The van der Waals surface area contributed by atoms with E-state index >= 15 is 0 Å². The molecule has 0 spiro atoms. The summed E-state index contributed by atoms with van der Waals surface area (Å²) in [5, 5.41) is 12.1. The van der Waals surface area contributed by atoms with Gasteiger partial charge in [0.25, 0.3) is 0 Å². The number of ether oxygens (including phenoxy) is 1. The Kier molecular flexibility index (Phi) is 4.93. The highest BCUT2D eigenvalue weighted by atomic mass is 32.2. The minimum Gasteiger partial charge on any atom is -0.480 e. The van der Waals surface area contributed by atoms with E-state index in [2.05, 4.69) is 5.32 Å². The van der Waals surface area contributed by atoms with Gasteiger partial charge in [0.05, 0.1) is 6.10 Å². The highest BCUT2D eigenvalue weighted by Crippen LogP contribution is 2.18. The molecule has 3 atom stereocenters. The fraction of sp³-hybridized carbons (Fsp3) is 0.833. The highest BCUT2D eigenvalue weighted by molar-refractivity contribution is 7.99. The molecule has 0 bridgehead atoms. The number of carbonyl (C=O) groups excluding carboxylic acids is 1. The first-order chi connectivity index (χ1) is 9.08. The summed E-state index contributed by atoms with van der Waals surface area (Å²) in [6.45, 7) is 3.12. The summed E-state index contributed by atoms with van der Waals surface area (Å²) in [5.74, 6) is 0.330. The van der Waals surface area contributed by atoms with Crippen LogP contribution in [0.4, 0.5) is 4.79 Å². The van der Waals surface area contributed by atoms with Crippen molar-refractivity contribution in [2.45, 2.75) is 38.0 Å². The summed E-state index contributed by atoms with van der Waals surface area (Å²) < 4.78 is 5.43. The van der Waals surface area contributed by atoms with Crippen LogP contribution < -0.4 is 5.32 Å². The third-order valence-electron chi connectivity index (χ3n) is 3.49. The Bertz CT molecular complexity index is 353. The number of carbonyl (C=O) groups is 2. The van der Waals surface area contributed by atoms with E-state index in [0.717, 1.165) is 18.6 Å². The molecule has 0 saturated carbocycles. The first-order valence-corrected chi connectivity index (χ1v) is 7.72. The van der Waals surface area contributed by atoms with E-state index in [1.807, 2.05) is 6.92 Å². The Hall–Kier alpha value is -0.950. The van der Waals surface area contributed by atoms with Gasteiger partial charge in [0, 0.05) is 30.7 Å². The van der Waals surface area contributed by atoms with Gasteiger partial charge in [0.15, 0.2) is 0 Å². The third-order valence-corrected chi connectivity index (χ3v) is 4.51. The van der Waals surface area contributed by atoms with Crippen molar-refractivity contribution in [2.24, 2.45) is 0 Å². The number of aliphatic carboxylic acids is 1. The Morgan fingerprint density at radius 3 is 2.95 bits per heavy atom. The van der Waals surface area contributed by atoms with Crippen molar-refractivity contribution in [1.82, 2.24) is 10.2 Å². The second kappa shape index (κ2) is 6.47. The number of carboxylic acids is 1. The SMILES string of the molecule is CC1CC(NC(=O)N2CCSCC2C(=O)O)CCO1. The largest absolute Gasteiger partial charge is 0.480 e. The molecule has 7 heteroatoms. The van der Waals surface area contributed by atoms with Gasteiger partial charge in [0.2, 0.25) is 0 Å². The second-order valence-electron chi connectivity index (χ2n) is 4.97. The topological polar surface area (TPSA) is 78.9 Å². The molecular formula is C12H20N2O4S. The predicted octanol–water partition coefficient (Wildman–Crippen LogP) is 0.765. The smallest absolute Gasteiger partial charge is 0.327 e. The van der Waals surface area contributed by atoms with Crippen LogP contribution in [0.3, 0.4) is 0 Å². The molecule has 3 unspecified atom stereocenters. The number of nitrogens with one attached hydrogen (secondary N) is 1. The van der Waals surface area contributed by atoms with Gasteiger partial charge in [-0.1, -0.05) is 0 Å². The lowest BCUT2D eigenvalue weighted by atomic mass is 10.0. The van der Waals surface area contributed by atoms with Crippen LogP contribution >= 0.6 is 11.8 Å². The Morgan fingerprint density at radius 2 is 2.26 bits per heavy atom. The van der Waals surface area contributed by atoms with Crippen LogP contribution in [-0.4, -0.2) is 64.9 Å². The molecule has 2 aliphatic heterocycles. The van der Waals surface area contributed by atoms with Gasteiger partial charge in [-0.25, -0.2) is 9.59 Å². The fourth-order valence-corrected chi connectivity index (χ4v) is 3.48. The lowest BCUT2D eigenvalue weighted by molar-refractivity contribution is -0.141. The first-order valence-electron chi connectivity index (χ1n) is 6.57. The van der Waals surface area contributed by atoms with Crippen LogP contribution in [0.2, 0.25) is 0 Å². The molecule has 0 aromatic rings. The molecular weight excluding hydrogens is 268 g/mol. The Labute approximate surface area is 116 Å². The van der Waals surface area contributed by atoms with Gasteiger partial charge in [0.1, 0.15) is 6.04 Å². The Morgan fingerprint density at radius 1 is 1.47 bits per heavy atom. The van der Waals surface area contributed by atoms with E-state index in [1.165, 1.54) is 4.90 Å². The number of hydrogen-bond donors (Lipinski definition) is 2. The van der Waals surface area contributed by atoms with E-state index in [-0.39, 0.29) is 18.2 Å². The average molecular weight is 288 g/mol. The Balaban J connectivity index is 1.92. The molecule has 0 aromatic carbocycles. The molecule has 0 aliphatic carbocycles. The molecule has 2 fully saturated rings. The van der Waals surface area contributed by atoms with Crippen LogP contribution in [-0.2, 0) is 9.53 Å². The molecule has 2 heterocycles. The van der Waals surface area contributed by atoms with Crippen molar-refractivity contribution < 1.29 is 19.4 Å². The van der Waals surface area contributed by atoms with E-state index in [0.29, 0.717) is 18.9 Å². The molecule has 2 saturated heterocycles. The van der Waals surface area contributed by atoms with Gasteiger partial charge in [-0.15, -0.1) is 0 Å². The van der Waals surface area contributed by atoms with Gasteiger partial charge in [-0.05, 0) is 19.8 Å². The summed E-state index contributed by atoms with van der Waals surface area (Å²) in [6, 6.07) is -0.886. The summed E-state index contributed by atoms with van der Waals surface area (Å²) >= 11 is 1.58. The summed E-state index contributed by atoms with van der Waals surface area (Å²) in [5.41, 5.74) is 0. The normalized spacial score (nSPS) is 31.8. The number of thioether (sulfide) groups is 1. The molecule has 2 amide bonds. The zero-order chi connectivity index (χ0) is 13.8. The van der Waals surface area contributed by atoms with Crippen LogP contribution in [0.5, 0.6) is 0 Å². The zero-order valence-corrected chi connectivity index (χ0v) is 11.8. The summed E-state index contributed by atoms with van der Waals surface area (Å²) in [4.78, 5) is 24.8. The lowest BCUT2D eigenvalue weighted by Gasteiger charge is -2.35. The van der Waals surface area contributed by atoms with E-state index in [9.17, 15) is 9.59 Å². The second-order valence-corrected chi connectivity index (χ2v) is 6.12. The van der Waals surface area contributed by atoms with Crippen molar-refractivity contribution in [3.8, 4) is 0 Å². The summed E-state index contributed by atoms with van der Waals surface area (Å²) in [7, 11) is 0. The van der Waals surface area contributed by atoms with Crippen LogP contribution in [0.1, 0.15) is 19.8 Å². The van der Waals surface area contributed by atoms with Crippen molar-refractivity contribution in [2.75, 3.05) is 24.7 Å². The number of amides is 2. The van der Waals surface area contributed by atoms with Crippen molar-refractivity contribution in [3.63, 3.8) is 0 Å². The molecule has 2 rings (SSSR count). The third kappa shape index (κ3) is 3.76. The average Bonchev–Trinajstić information content (AvgIpc) is 2.38. The molecule has 108 valence electrons. The van der Waals surface area contributed by atoms with Crippen molar-refractivity contribution >= 4 is 23.8 Å². The van der Waals surface area contributed by atoms with E-state index in [1.54, 1.807) is 11.8 Å². The van der Waals surface area contributed by atoms with Gasteiger partial charge >= 0.3 is 12.0 Å². The molecule has 6 nitrogen and oxygen atoms in total. The van der Waals surface area contributed by atoms with Crippen LogP contribution in [0.15, 0.2) is 0 Å². The highest BCUT2D eigenvalue weighted by Gasteiger charge is 2.33. The standard InChI is InChI=1S/C12H20N2O4S/c1-8-6-9(2-4-18-8)13-12(17)14-3-5-19-7-10(14)11(15)16/h8-10H,2-7H2,1H3,(H,13,17)(H,15,16). The minimum atomic E-state index is -0.928. The van der Waals surface area contributed by atoms with E-state index < -0.39 is 12.0 Å². The number of rotatable bonds is 2. The molecule has 0 aromatic heterocycles. The van der Waals surface area contributed by atoms with Crippen LogP contribution in [0, 0.1) is 0 Å². The number of carboxylic acid groups (broad SMARTS) is 1. The quantitative estimate of drug-likeness (QED) is 0.784. The maximum Gasteiger partial charge on any atom is 0.327 e. The monoisotopic (exact) mass is 288 g/mol. The van der Waals surface area contributed by atoms with Gasteiger partial charge < -0.3 is 20.1 Å². The molecule has 19 heavy (non-hydrogen) atoms. The first kappa shape index (κ1) is 14.5. The van der Waals surface area contributed by atoms with E-state index in [4.69, 9.17) is 9.84 Å². The van der Waals surface area contributed by atoms with Crippen molar-refractivity contribution in [3.05, 3.63) is 0 Å². The van der Waals surface area contributed by atoms with Crippen molar-refractivity contribution in [1.29, 1.82) is 0 Å². The number of hydrogen-bond acceptors (Lipinski definition) is 4. The molecule has 0 radical (unpaired) electrons.